The minimum Gasteiger partial charge on any atom is -0.380 e. The number of piperidine rings is 1. The van der Waals surface area contributed by atoms with Crippen LogP contribution in [0.15, 0.2) is 28.7 Å². The van der Waals surface area contributed by atoms with Crippen LogP contribution in [-0.2, 0) is 4.74 Å². The highest BCUT2D eigenvalue weighted by Gasteiger charge is 2.26. The van der Waals surface area contributed by atoms with E-state index in [2.05, 4.69) is 27.8 Å². The largest absolute Gasteiger partial charge is 0.380 e. The van der Waals surface area contributed by atoms with E-state index in [0.29, 0.717) is 18.4 Å². The number of benzene rings is 1. The number of Topliss-reactive ketones (excluding diaryl/α,β-unsaturated/α-hetero) is 1. The van der Waals surface area contributed by atoms with Gasteiger partial charge in [-0.05, 0) is 24.9 Å². The Labute approximate surface area is 129 Å². The molecule has 3 nitrogen and oxygen atoms in total. The second kappa shape index (κ2) is 7.34. The number of likely N-dealkylation sites (tertiary alicyclic amines) is 1. The predicted octanol–water partition coefficient (Wildman–Crippen LogP) is 3.38. The van der Waals surface area contributed by atoms with Gasteiger partial charge in [-0.25, -0.2) is 0 Å². The van der Waals surface area contributed by atoms with Gasteiger partial charge in [-0.3, -0.25) is 4.79 Å². The molecule has 0 N–H and O–H groups in total. The normalized spacial score (nSPS) is 23.8. The highest BCUT2D eigenvalue weighted by atomic mass is 79.9. The van der Waals surface area contributed by atoms with Gasteiger partial charge in [0.25, 0.3) is 0 Å². The Bertz CT molecular complexity index is 464. The summed E-state index contributed by atoms with van der Waals surface area (Å²) in [7, 11) is 1.77. The molecule has 1 aromatic carbocycles. The van der Waals surface area contributed by atoms with E-state index in [0.717, 1.165) is 36.1 Å². The first-order chi connectivity index (χ1) is 9.61. The Hall–Kier alpha value is -0.710. The lowest BCUT2D eigenvalue weighted by atomic mass is 9.95. The molecule has 0 radical (unpaired) electrons. The number of hydrogen-bond acceptors (Lipinski definition) is 3. The van der Waals surface area contributed by atoms with Crippen molar-refractivity contribution in [3.63, 3.8) is 0 Å². The van der Waals surface area contributed by atoms with Crippen molar-refractivity contribution in [3.8, 4) is 0 Å². The molecule has 1 aromatic rings. The van der Waals surface area contributed by atoms with E-state index in [1.165, 1.54) is 0 Å². The van der Waals surface area contributed by atoms with Gasteiger partial charge in [0.1, 0.15) is 0 Å². The van der Waals surface area contributed by atoms with Gasteiger partial charge in [0, 0.05) is 36.7 Å². The minimum atomic E-state index is 0.199. The van der Waals surface area contributed by atoms with Gasteiger partial charge in [0.05, 0.1) is 6.10 Å². The number of ketones is 1. The lowest BCUT2D eigenvalue weighted by Crippen LogP contribution is -2.44. The SMILES string of the molecule is COC1CN(CCC(=O)c2ccccc2Br)CCC1C. The highest BCUT2D eigenvalue weighted by molar-refractivity contribution is 9.10. The van der Waals surface area contributed by atoms with Crippen LogP contribution in [0.25, 0.3) is 0 Å². The van der Waals surface area contributed by atoms with E-state index in [1.54, 1.807) is 7.11 Å². The third kappa shape index (κ3) is 3.90. The maximum atomic E-state index is 12.2. The molecular formula is C16H22BrNO2. The Balaban J connectivity index is 1.86. The summed E-state index contributed by atoms with van der Waals surface area (Å²) in [6.07, 6.45) is 2.00. The van der Waals surface area contributed by atoms with Crippen molar-refractivity contribution >= 4 is 21.7 Å². The van der Waals surface area contributed by atoms with Crippen LogP contribution in [0.2, 0.25) is 0 Å². The van der Waals surface area contributed by atoms with Gasteiger partial charge in [0.2, 0.25) is 0 Å². The molecular weight excluding hydrogens is 318 g/mol. The summed E-state index contributed by atoms with van der Waals surface area (Å²) in [4.78, 5) is 14.6. The summed E-state index contributed by atoms with van der Waals surface area (Å²) >= 11 is 3.44. The molecule has 1 aliphatic heterocycles. The monoisotopic (exact) mass is 339 g/mol. The predicted molar refractivity (Wildman–Crippen MR) is 84.1 cm³/mol. The molecule has 0 bridgehead atoms. The third-order valence-electron chi connectivity index (χ3n) is 4.11. The number of ether oxygens (including phenoxy) is 1. The summed E-state index contributed by atoms with van der Waals surface area (Å²) in [6.45, 7) is 5.04. The Kier molecular flexibility index (Phi) is 5.75. The standard InChI is InChI=1S/C16H22BrNO2/c1-12-7-9-18(11-16(12)20-2)10-8-15(19)13-5-3-4-6-14(13)17/h3-6,12,16H,7-11H2,1-2H3. The molecule has 2 atom stereocenters. The van der Waals surface area contributed by atoms with Gasteiger partial charge >= 0.3 is 0 Å². The topological polar surface area (TPSA) is 29.5 Å². The van der Waals surface area contributed by atoms with Crippen LogP contribution in [0.1, 0.15) is 30.1 Å². The third-order valence-corrected chi connectivity index (χ3v) is 4.80. The van der Waals surface area contributed by atoms with Crippen molar-refractivity contribution in [2.24, 2.45) is 5.92 Å². The number of methoxy groups -OCH3 is 1. The van der Waals surface area contributed by atoms with E-state index >= 15 is 0 Å². The van der Waals surface area contributed by atoms with Crippen LogP contribution in [0.4, 0.5) is 0 Å². The van der Waals surface area contributed by atoms with Crippen LogP contribution in [0, 0.1) is 5.92 Å². The van der Waals surface area contributed by atoms with Crippen LogP contribution in [0.5, 0.6) is 0 Å². The zero-order chi connectivity index (χ0) is 14.5. The van der Waals surface area contributed by atoms with E-state index in [9.17, 15) is 4.79 Å². The summed E-state index contributed by atoms with van der Waals surface area (Å²) in [5.74, 6) is 0.806. The number of carbonyl (C=O) groups is 1. The molecule has 1 fully saturated rings. The van der Waals surface area contributed by atoms with E-state index in [4.69, 9.17) is 4.74 Å². The summed E-state index contributed by atoms with van der Waals surface area (Å²) in [5, 5.41) is 0. The van der Waals surface area contributed by atoms with E-state index in [-0.39, 0.29) is 5.78 Å². The van der Waals surface area contributed by atoms with Crippen molar-refractivity contribution in [3.05, 3.63) is 34.3 Å². The van der Waals surface area contributed by atoms with Gasteiger partial charge in [-0.2, -0.15) is 0 Å². The van der Waals surface area contributed by atoms with Crippen LogP contribution in [-0.4, -0.2) is 43.5 Å². The maximum absolute atomic E-state index is 12.2. The molecule has 0 amide bonds. The van der Waals surface area contributed by atoms with E-state index in [1.807, 2.05) is 24.3 Å². The molecule has 0 aliphatic carbocycles. The fourth-order valence-electron chi connectivity index (χ4n) is 2.69. The molecule has 2 unspecified atom stereocenters. The average molecular weight is 340 g/mol. The second-order valence-electron chi connectivity index (χ2n) is 5.49. The van der Waals surface area contributed by atoms with Gasteiger partial charge in [-0.1, -0.05) is 41.1 Å². The van der Waals surface area contributed by atoms with Gasteiger partial charge in [0.15, 0.2) is 5.78 Å². The summed E-state index contributed by atoms with van der Waals surface area (Å²) in [5.41, 5.74) is 0.779. The Morgan fingerprint density at radius 1 is 1.45 bits per heavy atom. The average Bonchev–Trinajstić information content (AvgIpc) is 2.46. The summed E-state index contributed by atoms with van der Waals surface area (Å²) in [6, 6.07) is 7.62. The fraction of sp³-hybridized carbons (Fsp3) is 0.562. The first kappa shape index (κ1) is 15.7. The minimum absolute atomic E-state index is 0.199. The second-order valence-corrected chi connectivity index (χ2v) is 6.35. The number of hydrogen-bond donors (Lipinski definition) is 0. The fourth-order valence-corrected chi connectivity index (χ4v) is 3.20. The smallest absolute Gasteiger partial charge is 0.165 e. The molecule has 4 heteroatoms. The number of carbonyl (C=O) groups excluding carboxylic acids is 1. The molecule has 20 heavy (non-hydrogen) atoms. The van der Waals surface area contributed by atoms with Crippen LogP contribution < -0.4 is 0 Å². The van der Waals surface area contributed by atoms with Gasteiger partial charge in [-0.15, -0.1) is 0 Å². The first-order valence-electron chi connectivity index (χ1n) is 7.14. The molecule has 1 saturated heterocycles. The molecule has 0 spiro atoms. The van der Waals surface area contributed by atoms with Crippen molar-refractivity contribution in [1.29, 1.82) is 0 Å². The molecule has 2 rings (SSSR count). The first-order valence-corrected chi connectivity index (χ1v) is 7.94. The zero-order valence-corrected chi connectivity index (χ0v) is 13.7. The van der Waals surface area contributed by atoms with Crippen LogP contribution in [0.3, 0.4) is 0 Å². The maximum Gasteiger partial charge on any atom is 0.165 e. The molecule has 0 aromatic heterocycles. The van der Waals surface area contributed by atoms with Crippen molar-refractivity contribution in [1.82, 2.24) is 4.90 Å². The number of nitrogens with zero attached hydrogens (tertiary/aromatic N) is 1. The summed E-state index contributed by atoms with van der Waals surface area (Å²) < 4.78 is 6.39. The molecule has 1 heterocycles. The number of rotatable bonds is 5. The molecule has 0 saturated carbocycles. The molecule has 110 valence electrons. The van der Waals surface area contributed by atoms with Crippen molar-refractivity contribution in [2.75, 3.05) is 26.7 Å². The molecule has 1 aliphatic rings. The number of halogens is 1. The van der Waals surface area contributed by atoms with Crippen molar-refractivity contribution < 1.29 is 9.53 Å². The van der Waals surface area contributed by atoms with Crippen LogP contribution >= 0.6 is 15.9 Å². The quantitative estimate of drug-likeness (QED) is 0.770. The van der Waals surface area contributed by atoms with Crippen molar-refractivity contribution in [2.45, 2.75) is 25.9 Å². The highest BCUT2D eigenvalue weighted by Crippen LogP contribution is 2.21. The Morgan fingerprint density at radius 2 is 2.20 bits per heavy atom. The zero-order valence-electron chi connectivity index (χ0n) is 12.1. The van der Waals surface area contributed by atoms with Gasteiger partial charge < -0.3 is 9.64 Å². The Morgan fingerprint density at radius 3 is 2.90 bits per heavy atom. The van der Waals surface area contributed by atoms with E-state index < -0.39 is 0 Å². The lowest BCUT2D eigenvalue weighted by Gasteiger charge is -2.36. The lowest BCUT2D eigenvalue weighted by molar-refractivity contribution is -0.00480.